The molecule has 6 heteroatoms. The average Bonchev–Trinajstić information content (AvgIpc) is 2.90. The summed E-state index contributed by atoms with van der Waals surface area (Å²) in [5.74, 6) is -0.0891. The maximum absolute atomic E-state index is 11.7. The van der Waals surface area contributed by atoms with Crippen LogP contribution in [0.4, 0.5) is 0 Å². The molecule has 0 fully saturated rings. The molecule has 1 amide bonds. The Labute approximate surface area is 103 Å². The van der Waals surface area contributed by atoms with E-state index in [-0.39, 0.29) is 11.6 Å². The maximum Gasteiger partial charge on any atom is 0.323 e. The average molecular weight is 245 g/mol. The van der Waals surface area contributed by atoms with Crippen molar-refractivity contribution in [2.75, 3.05) is 7.05 Å². The van der Waals surface area contributed by atoms with Crippen molar-refractivity contribution in [3.8, 4) is 0 Å². The molecule has 1 atom stereocenters. The number of H-pyrrole nitrogens is 2. The Balaban J connectivity index is 1.97. The molecule has 0 saturated carbocycles. The van der Waals surface area contributed by atoms with E-state index in [0.717, 1.165) is 11.4 Å². The molecule has 0 spiro atoms. The van der Waals surface area contributed by atoms with Crippen molar-refractivity contribution in [3.05, 3.63) is 58.3 Å². The molecule has 3 rings (SSSR count). The summed E-state index contributed by atoms with van der Waals surface area (Å²) < 4.78 is 0.360. The molecule has 0 saturated heterocycles. The zero-order chi connectivity index (χ0) is 12.8. The van der Waals surface area contributed by atoms with Crippen LogP contribution in [0, 0.1) is 0 Å². The number of imidazole rings is 1. The van der Waals surface area contributed by atoms with Gasteiger partial charge in [-0.1, -0.05) is 0 Å². The number of nitrogens with zero attached hydrogens (tertiary/aromatic N) is 1. The highest BCUT2D eigenvalue weighted by atomic mass is 16.2. The Morgan fingerprint density at radius 2 is 2.17 bits per heavy atom. The number of hydrogen-bond acceptors (Lipinski definition) is 2. The highest BCUT2D eigenvalue weighted by molar-refractivity contribution is 5.93. The van der Waals surface area contributed by atoms with Gasteiger partial charge in [-0.15, -0.1) is 0 Å². The molecule has 0 radical (unpaired) electrons. The zero-order valence-electron chi connectivity index (χ0n) is 9.86. The topological polar surface area (TPSA) is 77.8 Å². The largest absolute Gasteiger partial charge is 0.323 e. The van der Waals surface area contributed by atoms with Crippen molar-refractivity contribution in [1.29, 1.82) is 0 Å². The summed E-state index contributed by atoms with van der Waals surface area (Å²) in [6.07, 6.45) is 9.55. The monoisotopic (exact) mass is 245 g/mol. The van der Waals surface area contributed by atoms with Gasteiger partial charge in [0.05, 0.1) is 19.7 Å². The molecule has 0 bridgehead atoms. The van der Waals surface area contributed by atoms with Crippen molar-refractivity contribution < 1.29 is 9.28 Å². The van der Waals surface area contributed by atoms with E-state index < -0.39 is 0 Å². The van der Waals surface area contributed by atoms with Gasteiger partial charge in [-0.05, 0) is 6.08 Å². The first-order valence-corrected chi connectivity index (χ1v) is 5.63. The number of allylic oxidation sites excluding steroid dienone is 3. The van der Waals surface area contributed by atoms with Crippen LogP contribution in [0.25, 0.3) is 0 Å². The molecule has 3 heterocycles. The number of amides is 1. The fourth-order valence-electron chi connectivity index (χ4n) is 2.31. The summed E-state index contributed by atoms with van der Waals surface area (Å²) in [4.78, 5) is 28.1. The highest BCUT2D eigenvalue weighted by Gasteiger charge is 2.41. The second-order valence-electron chi connectivity index (χ2n) is 4.52. The summed E-state index contributed by atoms with van der Waals surface area (Å²) >= 11 is 0. The highest BCUT2D eigenvalue weighted by Crippen LogP contribution is 2.32. The summed E-state index contributed by atoms with van der Waals surface area (Å²) in [5, 5.41) is 2.73. The predicted molar refractivity (Wildman–Crippen MR) is 64.8 cm³/mol. The number of hydrogen-bond donors (Lipinski definition) is 3. The lowest BCUT2D eigenvalue weighted by atomic mass is 10.1. The van der Waals surface area contributed by atoms with E-state index in [9.17, 15) is 9.59 Å². The van der Waals surface area contributed by atoms with E-state index in [1.54, 1.807) is 12.4 Å². The zero-order valence-corrected chi connectivity index (χ0v) is 9.86. The SMILES string of the molecule is C[N+]12C=CC=C1C(=O)NC=C2Cc1c[nH]c(=O)[nH]1. The molecule has 0 aliphatic carbocycles. The van der Waals surface area contributed by atoms with Crippen LogP contribution in [0.2, 0.25) is 0 Å². The Kier molecular flexibility index (Phi) is 2.14. The molecule has 2 aliphatic heterocycles. The Morgan fingerprint density at radius 3 is 2.89 bits per heavy atom. The lowest BCUT2D eigenvalue weighted by Crippen LogP contribution is -2.46. The molecule has 92 valence electrons. The quantitative estimate of drug-likeness (QED) is 0.645. The van der Waals surface area contributed by atoms with Gasteiger partial charge in [-0.25, -0.2) is 9.28 Å². The third-order valence-corrected chi connectivity index (χ3v) is 3.36. The minimum Gasteiger partial charge on any atom is -0.319 e. The van der Waals surface area contributed by atoms with Gasteiger partial charge in [-0.2, -0.15) is 0 Å². The van der Waals surface area contributed by atoms with E-state index >= 15 is 0 Å². The van der Waals surface area contributed by atoms with Crippen LogP contribution < -0.4 is 11.0 Å². The van der Waals surface area contributed by atoms with Gasteiger partial charge in [0, 0.05) is 18.0 Å². The molecule has 18 heavy (non-hydrogen) atoms. The van der Waals surface area contributed by atoms with Gasteiger partial charge in [0.15, 0.2) is 0 Å². The number of aromatic nitrogens is 2. The molecule has 1 unspecified atom stereocenters. The predicted octanol–water partition coefficient (Wildman–Crippen LogP) is 0.0745. The van der Waals surface area contributed by atoms with Gasteiger partial charge in [0.1, 0.15) is 11.9 Å². The number of carbonyl (C=O) groups is 1. The van der Waals surface area contributed by atoms with E-state index in [1.807, 2.05) is 25.4 Å². The number of likely N-dealkylation sites (N-methyl/N-ethyl adjacent to an activating group) is 1. The third-order valence-electron chi connectivity index (χ3n) is 3.36. The number of quaternary nitrogens is 1. The summed E-state index contributed by atoms with van der Waals surface area (Å²) in [5.41, 5.74) is 2.25. The van der Waals surface area contributed by atoms with Crippen LogP contribution in [0.15, 0.2) is 46.9 Å². The lowest BCUT2D eigenvalue weighted by molar-refractivity contribution is -0.775. The Bertz CT molecular complexity index is 662. The fourth-order valence-corrected chi connectivity index (χ4v) is 2.31. The molecule has 1 aromatic rings. The number of nitrogens with one attached hydrogen (secondary N) is 3. The van der Waals surface area contributed by atoms with Gasteiger partial charge < -0.3 is 15.3 Å². The van der Waals surface area contributed by atoms with Crippen molar-refractivity contribution in [2.45, 2.75) is 6.42 Å². The Hall–Kier alpha value is -2.34. The number of carbonyl (C=O) groups excluding carboxylic acids is 1. The molecule has 0 aromatic carbocycles. The van der Waals surface area contributed by atoms with Gasteiger partial charge in [0.2, 0.25) is 5.70 Å². The molecule has 1 aromatic heterocycles. The smallest absolute Gasteiger partial charge is 0.319 e. The van der Waals surface area contributed by atoms with E-state index in [1.165, 1.54) is 0 Å². The van der Waals surface area contributed by atoms with Crippen molar-refractivity contribution in [3.63, 3.8) is 0 Å². The van der Waals surface area contributed by atoms with Crippen LogP contribution in [-0.4, -0.2) is 27.4 Å². The Morgan fingerprint density at radius 1 is 1.33 bits per heavy atom. The minimum atomic E-state index is -0.221. The lowest BCUT2D eigenvalue weighted by Gasteiger charge is -2.33. The second kappa shape index (κ2) is 3.58. The minimum absolute atomic E-state index is 0.0891. The van der Waals surface area contributed by atoms with Crippen LogP contribution in [0.5, 0.6) is 0 Å². The first-order chi connectivity index (χ1) is 8.59. The van der Waals surface area contributed by atoms with Crippen molar-refractivity contribution in [1.82, 2.24) is 15.3 Å². The van der Waals surface area contributed by atoms with Gasteiger partial charge in [0.25, 0.3) is 0 Å². The number of fused-ring (bicyclic) bond motifs is 1. The van der Waals surface area contributed by atoms with Crippen LogP contribution in [-0.2, 0) is 11.2 Å². The maximum atomic E-state index is 11.7. The van der Waals surface area contributed by atoms with Crippen LogP contribution in [0.1, 0.15) is 5.69 Å². The summed E-state index contributed by atoms with van der Waals surface area (Å²) in [7, 11) is 1.95. The summed E-state index contributed by atoms with van der Waals surface area (Å²) in [6.45, 7) is 0. The normalized spacial score (nSPS) is 25.5. The van der Waals surface area contributed by atoms with E-state index in [0.29, 0.717) is 16.6 Å². The molecule has 3 N–H and O–H groups in total. The van der Waals surface area contributed by atoms with Gasteiger partial charge >= 0.3 is 11.6 Å². The molecular formula is C12H13N4O2+. The van der Waals surface area contributed by atoms with Gasteiger partial charge in [-0.3, -0.25) is 4.79 Å². The van der Waals surface area contributed by atoms with E-state index in [2.05, 4.69) is 15.3 Å². The fraction of sp³-hybridized carbons (Fsp3) is 0.167. The molecular weight excluding hydrogens is 232 g/mol. The van der Waals surface area contributed by atoms with Crippen molar-refractivity contribution >= 4 is 5.91 Å². The van der Waals surface area contributed by atoms with Crippen LogP contribution >= 0.6 is 0 Å². The standard InChI is InChI=1S/C12H12N4O2/c1-16-4-2-3-10(16)11(17)13-7-9(16)5-8-6-14-12(18)15-8/h2-4,6-7H,5H2,1H3,(H2-,13,14,15,17,18)/p+1. The molecule has 2 aliphatic rings. The first-order valence-electron chi connectivity index (χ1n) is 5.63. The van der Waals surface area contributed by atoms with Crippen LogP contribution in [0.3, 0.4) is 0 Å². The summed E-state index contributed by atoms with van der Waals surface area (Å²) in [6, 6.07) is 0. The van der Waals surface area contributed by atoms with E-state index in [4.69, 9.17) is 0 Å². The number of rotatable bonds is 2. The first kappa shape index (κ1) is 10.8. The third kappa shape index (κ3) is 1.46. The second-order valence-corrected chi connectivity index (χ2v) is 4.52. The molecule has 6 nitrogen and oxygen atoms in total. The number of aromatic amines is 2. The van der Waals surface area contributed by atoms with Crippen molar-refractivity contribution in [2.24, 2.45) is 0 Å².